The van der Waals surface area contributed by atoms with Crippen LogP contribution in [0.15, 0.2) is 12.4 Å². The van der Waals surface area contributed by atoms with Crippen molar-refractivity contribution in [3.05, 3.63) is 18.0 Å². The standard InChI is InChI=1S/C17H26N4O.C2HF3O2/c1-20-8-12(7-18-20)9-21-10-14-5-13(6-15(14)11-21)17(22)19-16-3-2-4-16;3-2(4,5)1(6)7/h7-8,13-16H,2-6,9-11H2,1H3,(H,19,22);(H,6,7)/t13?,14-,15+;. The van der Waals surface area contributed by atoms with E-state index in [9.17, 15) is 18.0 Å². The number of carboxylic acids is 1. The number of rotatable bonds is 4. The molecule has 1 aromatic rings. The van der Waals surface area contributed by atoms with E-state index in [-0.39, 0.29) is 5.92 Å². The summed E-state index contributed by atoms with van der Waals surface area (Å²) in [5.74, 6) is -0.718. The minimum absolute atomic E-state index is 0.274. The number of hydrogen-bond donors (Lipinski definition) is 2. The first-order chi connectivity index (χ1) is 13.6. The number of aryl methyl sites for hydroxylation is 1. The number of halogens is 3. The molecule has 0 radical (unpaired) electrons. The van der Waals surface area contributed by atoms with E-state index in [1.54, 1.807) is 0 Å². The van der Waals surface area contributed by atoms with E-state index in [0.717, 1.165) is 32.5 Å². The molecule has 3 fully saturated rings. The van der Waals surface area contributed by atoms with Crippen molar-refractivity contribution in [3.8, 4) is 0 Å². The van der Waals surface area contributed by atoms with Crippen molar-refractivity contribution < 1.29 is 27.9 Å². The number of carboxylic acid groups (broad SMARTS) is 1. The van der Waals surface area contributed by atoms with Gasteiger partial charge < -0.3 is 10.4 Å². The second-order valence-electron chi connectivity index (χ2n) is 8.34. The molecule has 7 nitrogen and oxygen atoms in total. The van der Waals surface area contributed by atoms with E-state index in [0.29, 0.717) is 23.8 Å². The topological polar surface area (TPSA) is 87.5 Å². The molecule has 0 spiro atoms. The molecule has 1 saturated heterocycles. The van der Waals surface area contributed by atoms with Gasteiger partial charge in [0, 0.05) is 50.4 Å². The molecular formula is C19H27F3N4O3. The molecule has 0 bridgehead atoms. The number of nitrogens with zero attached hydrogens (tertiary/aromatic N) is 3. The van der Waals surface area contributed by atoms with E-state index in [1.165, 1.54) is 24.8 Å². The molecule has 2 aliphatic carbocycles. The number of alkyl halides is 3. The molecule has 29 heavy (non-hydrogen) atoms. The van der Waals surface area contributed by atoms with Gasteiger partial charge in [0.1, 0.15) is 0 Å². The van der Waals surface area contributed by atoms with Crippen LogP contribution < -0.4 is 5.32 Å². The van der Waals surface area contributed by atoms with Crippen molar-refractivity contribution in [3.63, 3.8) is 0 Å². The van der Waals surface area contributed by atoms with Crippen LogP contribution in [0, 0.1) is 17.8 Å². The van der Waals surface area contributed by atoms with Crippen LogP contribution in [-0.2, 0) is 23.2 Å². The Morgan fingerprint density at radius 2 is 1.83 bits per heavy atom. The lowest BCUT2D eigenvalue weighted by molar-refractivity contribution is -0.192. The molecule has 1 amide bonds. The third kappa shape index (κ3) is 5.71. The first-order valence-electron chi connectivity index (χ1n) is 9.92. The lowest BCUT2D eigenvalue weighted by atomic mass is 9.92. The summed E-state index contributed by atoms with van der Waals surface area (Å²) in [6.45, 7) is 3.29. The van der Waals surface area contributed by atoms with E-state index >= 15 is 0 Å². The highest BCUT2D eigenvalue weighted by Gasteiger charge is 2.43. The number of carbonyl (C=O) groups is 2. The Hall–Kier alpha value is -2.10. The van der Waals surface area contributed by atoms with Crippen LogP contribution in [0.3, 0.4) is 0 Å². The number of aliphatic carboxylic acids is 1. The van der Waals surface area contributed by atoms with Crippen molar-refractivity contribution in [2.75, 3.05) is 13.1 Å². The summed E-state index contributed by atoms with van der Waals surface area (Å²) in [6.07, 6.45) is 4.81. The number of fused-ring (bicyclic) bond motifs is 1. The highest BCUT2D eigenvalue weighted by molar-refractivity contribution is 5.79. The Kier molecular flexibility index (Phi) is 6.50. The number of likely N-dealkylation sites (tertiary alicyclic amines) is 1. The van der Waals surface area contributed by atoms with Crippen molar-refractivity contribution in [2.45, 2.75) is 50.9 Å². The molecule has 1 aliphatic heterocycles. The predicted octanol–water partition coefficient (Wildman–Crippen LogP) is 2.18. The fourth-order valence-electron chi connectivity index (χ4n) is 4.42. The molecular weight excluding hydrogens is 389 g/mol. The largest absolute Gasteiger partial charge is 0.490 e. The molecule has 10 heteroatoms. The average Bonchev–Trinajstić information content (AvgIpc) is 3.25. The molecule has 162 valence electrons. The van der Waals surface area contributed by atoms with E-state index in [2.05, 4.69) is 21.5 Å². The Balaban J connectivity index is 0.000000298. The predicted molar refractivity (Wildman–Crippen MR) is 97.7 cm³/mol. The first kappa shape index (κ1) is 21.6. The third-order valence-corrected chi connectivity index (χ3v) is 6.06. The fourth-order valence-corrected chi connectivity index (χ4v) is 4.42. The summed E-state index contributed by atoms with van der Waals surface area (Å²) in [4.78, 5) is 23.7. The zero-order valence-corrected chi connectivity index (χ0v) is 16.4. The Morgan fingerprint density at radius 1 is 1.24 bits per heavy atom. The van der Waals surface area contributed by atoms with Gasteiger partial charge >= 0.3 is 12.1 Å². The van der Waals surface area contributed by atoms with Gasteiger partial charge in [0.15, 0.2) is 0 Å². The molecule has 2 saturated carbocycles. The van der Waals surface area contributed by atoms with Crippen molar-refractivity contribution in [2.24, 2.45) is 24.8 Å². The maximum absolute atomic E-state index is 12.3. The minimum atomic E-state index is -5.08. The highest BCUT2D eigenvalue weighted by atomic mass is 19.4. The molecule has 3 aliphatic rings. The zero-order chi connectivity index (χ0) is 21.2. The van der Waals surface area contributed by atoms with Gasteiger partial charge in [-0.2, -0.15) is 18.3 Å². The fraction of sp³-hybridized carbons (Fsp3) is 0.737. The smallest absolute Gasteiger partial charge is 0.475 e. The van der Waals surface area contributed by atoms with E-state index in [1.807, 2.05) is 17.9 Å². The number of hydrogen-bond acceptors (Lipinski definition) is 4. The van der Waals surface area contributed by atoms with Crippen LogP contribution in [0.2, 0.25) is 0 Å². The Bertz CT molecular complexity index is 719. The third-order valence-electron chi connectivity index (χ3n) is 6.06. The van der Waals surface area contributed by atoms with Crippen LogP contribution >= 0.6 is 0 Å². The van der Waals surface area contributed by atoms with Gasteiger partial charge in [0.25, 0.3) is 0 Å². The number of amides is 1. The van der Waals surface area contributed by atoms with Crippen LogP contribution in [0.5, 0.6) is 0 Å². The van der Waals surface area contributed by atoms with Crippen LogP contribution in [0.4, 0.5) is 13.2 Å². The summed E-state index contributed by atoms with van der Waals surface area (Å²) in [6, 6.07) is 0.481. The molecule has 2 N–H and O–H groups in total. The van der Waals surface area contributed by atoms with Gasteiger partial charge in [-0.15, -0.1) is 0 Å². The molecule has 1 aromatic heterocycles. The maximum Gasteiger partial charge on any atom is 0.490 e. The van der Waals surface area contributed by atoms with Gasteiger partial charge in [-0.25, -0.2) is 4.79 Å². The zero-order valence-electron chi connectivity index (χ0n) is 16.4. The van der Waals surface area contributed by atoms with Gasteiger partial charge in [0.2, 0.25) is 5.91 Å². The van der Waals surface area contributed by atoms with Crippen LogP contribution in [0.1, 0.15) is 37.7 Å². The van der Waals surface area contributed by atoms with Gasteiger partial charge in [-0.3, -0.25) is 14.4 Å². The second kappa shape index (κ2) is 8.73. The van der Waals surface area contributed by atoms with E-state index < -0.39 is 12.1 Å². The van der Waals surface area contributed by atoms with Gasteiger partial charge in [-0.1, -0.05) is 0 Å². The summed E-state index contributed by atoms with van der Waals surface area (Å²) in [5.41, 5.74) is 1.29. The molecule has 1 unspecified atom stereocenters. The normalized spacial score (nSPS) is 27.0. The summed E-state index contributed by atoms with van der Waals surface area (Å²) in [7, 11) is 1.97. The quantitative estimate of drug-likeness (QED) is 0.786. The molecule has 4 rings (SSSR count). The summed E-state index contributed by atoms with van der Waals surface area (Å²) >= 11 is 0. The molecule has 3 atom stereocenters. The second-order valence-corrected chi connectivity index (χ2v) is 8.34. The monoisotopic (exact) mass is 416 g/mol. The van der Waals surface area contributed by atoms with Crippen LogP contribution in [0.25, 0.3) is 0 Å². The maximum atomic E-state index is 12.3. The minimum Gasteiger partial charge on any atom is -0.475 e. The summed E-state index contributed by atoms with van der Waals surface area (Å²) in [5, 5.41) is 14.6. The number of carbonyl (C=O) groups excluding carboxylic acids is 1. The Morgan fingerprint density at radius 3 is 2.24 bits per heavy atom. The highest BCUT2D eigenvalue weighted by Crippen LogP contribution is 2.42. The van der Waals surface area contributed by atoms with Gasteiger partial charge in [0.05, 0.1) is 6.20 Å². The SMILES string of the molecule is Cn1cc(CN2C[C@H]3CC(C(=O)NC4CCC4)C[C@H]3C2)cn1.O=C(O)C(F)(F)F. The number of nitrogens with one attached hydrogen (secondary N) is 1. The lowest BCUT2D eigenvalue weighted by Gasteiger charge is -2.28. The van der Waals surface area contributed by atoms with E-state index in [4.69, 9.17) is 9.90 Å². The Labute approximate surface area is 167 Å². The molecule has 2 heterocycles. The average molecular weight is 416 g/mol. The van der Waals surface area contributed by atoms with Crippen LogP contribution in [-0.4, -0.2) is 57.0 Å². The molecule has 0 aromatic carbocycles. The number of aromatic nitrogens is 2. The summed E-state index contributed by atoms with van der Waals surface area (Å²) < 4.78 is 33.6. The van der Waals surface area contributed by atoms with Crippen molar-refractivity contribution >= 4 is 11.9 Å². The first-order valence-corrected chi connectivity index (χ1v) is 9.92. The van der Waals surface area contributed by atoms with Crippen molar-refractivity contribution in [1.29, 1.82) is 0 Å². The van der Waals surface area contributed by atoms with Gasteiger partial charge in [-0.05, 0) is 43.9 Å². The van der Waals surface area contributed by atoms with Crippen molar-refractivity contribution in [1.82, 2.24) is 20.0 Å². The lowest BCUT2D eigenvalue weighted by Crippen LogP contribution is -2.42.